The maximum Gasteiger partial charge on any atom is 0.179 e. The molecule has 0 atom stereocenters. The molecule has 0 unspecified atom stereocenters. The van der Waals surface area contributed by atoms with E-state index < -0.39 is 0 Å². The standard InChI is InChI=1S/C21H44NO.BrH/c1-4-5-6-7-8-9-10-11-12-13-14-15-16-17-18-19-20-22(2,3)21-23;/h11-12,23H,4-10,13-21H2,1-3H3;1H/q+1;/p-1. The number of halogens is 1. The van der Waals surface area contributed by atoms with Crippen LogP contribution in [0.4, 0.5) is 0 Å². The first-order chi connectivity index (χ1) is 11.1. The predicted octanol–water partition coefficient (Wildman–Crippen LogP) is 3.05. The number of aliphatic hydroxyl groups excluding tert-OH is 1. The lowest BCUT2D eigenvalue weighted by Crippen LogP contribution is -3.00. The molecule has 0 rings (SSSR count). The van der Waals surface area contributed by atoms with Gasteiger partial charge in [0.05, 0.1) is 20.6 Å². The Balaban J connectivity index is 0. The van der Waals surface area contributed by atoms with Gasteiger partial charge in [-0.3, -0.25) is 0 Å². The zero-order chi connectivity index (χ0) is 17.2. The van der Waals surface area contributed by atoms with Gasteiger partial charge in [-0.25, -0.2) is 0 Å². The quantitative estimate of drug-likeness (QED) is 0.170. The normalized spacial score (nSPS) is 11.8. The highest BCUT2D eigenvalue weighted by Crippen LogP contribution is 2.10. The second-order valence-corrected chi connectivity index (χ2v) is 7.74. The van der Waals surface area contributed by atoms with Crippen molar-refractivity contribution in [1.29, 1.82) is 0 Å². The van der Waals surface area contributed by atoms with Gasteiger partial charge >= 0.3 is 0 Å². The number of aliphatic hydroxyl groups is 1. The maximum atomic E-state index is 9.19. The van der Waals surface area contributed by atoms with E-state index in [0.29, 0.717) is 0 Å². The SMILES string of the molecule is CCCCCCCCC=CCCCCCCCC[N+](C)(C)CO.[Br-]. The molecular formula is C21H44BrNO. The molecule has 0 aliphatic carbocycles. The lowest BCUT2D eigenvalue weighted by atomic mass is 10.1. The molecule has 0 aliphatic rings. The highest BCUT2D eigenvalue weighted by molar-refractivity contribution is 4.81. The molecule has 0 fully saturated rings. The lowest BCUT2D eigenvalue weighted by Gasteiger charge is -2.26. The van der Waals surface area contributed by atoms with E-state index in [4.69, 9.17) is 0 Å². The minimum atomic E-state index is 0. The van der Waals surface area contributed by atoms with Crippen LogP contribution in [0.3, 0.4) is 0 Å². The van der Waals surface area contributed by atoms with Crippen molar-refractivity contribution < 1.29 is 26.6 Å². The Morgan fingerprint density at radius 2 is 1.08 bits per heavy atom. The van der Waals surface area contributed by atoms with Crippen molar-refractivity contribution in [3.63, 3.8) is 0 Å². The molecule has 3 heteroatoms. The highest BCUT2D eigenvalue weighted by atomic mass is 79.9. The number of hydrogen-bond acceptors (Lipinski definition) is 1. The average Bonchev–Trinajstić information content (AvgIpc) is 2.54. The molecule has 2 nitrogen and oxygen atoms in total. The second kappa shape index (κ2) is 19.5. The van der Waals surface area contributed by atoms with Gasteiger partial charge in [0.2, 0.25) is 0 Å². The smallest absolute Gasteiger partial charge is 0.179 e. The van der Waals surface area contributed by atoms with Crippen LogP contribution in [0.15, 0.2) is 12.2 Å². The van der Waals surface area contributed by atoms with E-state index in [1.807, 2.05) is 0 Å². The van der Waals surface area contributed by atoms with Crippen molar-refractivity contribution in [2.75, 3.05) is 27.4 Å². The van der Waals surface area contributed by atoms with Crippen LogP contribution < -0.4 is 17.0 Å². The van der Waals surface area contributed by atoms with E-state index in [0.717, 1.165) is 11.0 Å². The summed E-state index contributed by atoms with van der Waals surface area (Å²) in [6.07, 6.45) is 23.8. The zero-order valence-electron chi connectivity index (χ0n) is 16.7. The molecule has 0 bridgehead atoms. The van der Waals surface area contributed by atoms with Crippen LogP contribution in [-0.2, 0) is 0 Å². The maximum absolute atomic E-state index is 9.19. The molecule has 1 N–H and O–H groups in total. The Kier molecular flexibility index (Phi) is 21.4. The zero-order valence-corrected chi connectivity index (χ0v) is 18.3. The van der Waals surface area contributed by atoms with Crippen molar-refractivity contribution in [2.24, 2.45) is 0 Å². The molecule has 0 amide bonds. The fourth-order valence-corrected chi connectivity index (χ4v) is 2.86. The van der Waals surface area contributed by atoms with Crippen LogP contribution in [0.2, 0.25) is 0 Å². The molecule has 0 aromatic rings. The van der Waals surface area contributed by atoms with Crippen molar-refractivity contribution in [3.8, 4) is 0 Å². The number of nitrogens with zero attached hydrogens (tertiary/aromatic N) is 1. The fourth-order valence-electron chi connectivity index (χ4n) is 2.86. The Hall–Kier alpha value is 0.140. The van der Waals surface area contributed by atoms with Crippen molar-refractivity contribution in [1.82, 2.24) is 0 Å². The lowest BCUT2D eigenvalue weighted by molar-refractivity contribution is -0.909. The third-order valence-electron chi connectivity index (χ3n) is 4.66. The van der Waals surface area contributed by atoms with Gasteiger partial charge in [-0.2, -0.15) is 0 Å². The molecule has 0 aliphatic heterocycles. The van der Waals surface area contributed by atoms with Gasteiger partial charge < -0.3 is 26.6 Å². The fraction of sp³-hybridized carbons (Fsp3) is 0.905. The van der Waals surface area contributed by atoms with E-state index in [-0.39, 0.29) is 23.7 Å². The minimum absolute atomic E-state index is 0. The van der Waals surface area contributed by atoms with Crippen molar-refractivity contribution >= 4 is 0 Å². The number of allylic oxidation sites excluding steroid dienone is 2. The van der Waals surface area contributed by atoms with Gasteiger partial charge in [-0.1, -0.05) is 70.4 Å². The van der Waals surface area contributed by atoms with Gasteiger partial charge in [0.25, 0.3) is 0 Å². The summed E-state index contributed by atoms with van der Waals surface area (Å²) in [4.78, 5) is 0. The summed E-state index contributed by atoms with van der Waals surface area (Å²) >= 11 is 0. The van der Waals surface area contributed by atoms with E-state index in [2.05, 4.69) is 33.2 Å². The van der Waals surface area contributed by atoms with Gasteiger partial charge in [-0.15, -0.1) is 0 Å². The van der Waals surface area contributed by atoms with Gasteiger partial charge in [0.1, 0.15) is 0 Å². The summed E-state index contributed by atoms with van der Waals surface area (Å²) in [6.45, 7) is 3.63. The monoisotopic (exact) mass is 405 g/mol. The molecule has 0 saturated carbocycles. The van der Waals surface area contributed by atoms with Crippen molar-refractivity contribution in [2.45, 2.75) is 96.8 Å². The van der Waals surface area contributed by atoms with Crippen LogP contribution in [0.25, 0.3) is 0 Å². The largest absolute Gasteiger partial charge is 1.00 e. The molecule has 0 aromatic carbocycles. The molecule has 0 saturated heterocycles. The Labute approximate surface area is 163 Å². The topological polar surface area (TPSA) is 20.2 Å². The number of hydrogen-bond donors (Lipinski definition) is 1. The van der Waals surface area contributed by atoms with Crippen LogP contribution in [0.1, 0.15) is 96.8 Å². The molecule has 0 radical (unpaired) electrons. The van der Waals surface area contributed by atoms with E-state index >= 15 is 0 Å². The molecule has 146 valence electrons. The van der Waals surface area contributed by atoms with Crippen LogP contribution in [0, 0.1) is 0 Å². The number of rotatable bonds is 17. The average molecular weight is 406 g/mol. The van der Waals surface area contributed by atoms with Gasteiger partial charge in [-0.05, 0) is 38.5 Å². The van der Waals surface area contributed by atoms with E-state index in [9.17, 15) is 5.11 Å². The summed E-state index contributed by atoms with van der Waals surface area (Å²) in [5, 5.41) is 9.19. The summed E-state index contributed by atoms with van der Waals surface area (Å²) < 4.78 is 0.739. The first-order valence-electron chi connectivity index (χ1n) is 10.2. The summed E-state index contributed by atoms with van der Waals surface area (Å²) in [7, 11) is 4.19. The van der Waals surface area contributed by atoms with Crippen LogP contribution in [0.5, 0.6) is 0 Å². The summed E-state index contributed by atoms with van der Waals surface area (Å²) in [6, 6.07) is 0. The number of quaternary nitrogens is 1. The van der Waals surface area contributed by atoms with Gasteiger partial charge in [0, 0.05) is 0 Å². The first-order valence-corrected chi connectivity index (χ1v) is 10.2. The third kappa shape index (κ3) is 20.2. The van der Waals surface area contributed by atoms with Crippen LogP contribution in [-0.4, -0.2) is 37.0 Å². The van der Waals surface area contributed by atoms with Gasteiger partial charge in [0.15, 0.2) is 6.73 Å². The molecule has 0 aromatic heterocycles. The highest BCUT2D eigenvalue weighted by Gasteiger charge is 2.11. The Morgan fingerprint density at radius 1 is 0.667 bits per heavy atom. The predicted molar refractivity (Wildman–Crippen MR) is 104 cm³/mol. The minimum Gasteiger partial charge on any atom is -1.00 e. The molecule has 0 spiro atoms. The Bertz CT molecular complexity index is 267. The summed E-state index contributed by atoms with van der Waals surface area (Å²) in [5.74, 6) is 0. The van der Waals surface area contributed by atoms with Crippen molar-refractivity contribution in [3.05, 3.63) is 12.2 Å². The summed E-state index contributed by atoms with van der Waals surface area (Å²) in [5.41, 5.74) is 0. The number of unbranched alkanes of at least 4 members (excludes halogenated alkanes) is 12. The third-order valence-corrected chi connectivity index (χ3v) is 4.66. The van der Waals surface area contributed by atoms with Crippen LogP contribution >= 0.6 is 0 Å². The molecular weight excluding hydrogens is 362 g/mol. The first kappa shape index (κ1) is 26.4. The second-order valence-electron chi connectivity index (χ2n) is 7.74. The Morgan fingerprint density at radius 3 is 1.54 bits per heavy atom. The van der Waals surface area contributed by atoms with E-state index in [1.54, 1.807) is 0 Å². The van der Waals surface area contributed by atoms with E-state index in [1.165, 1.54) is 89.9 Å². The molecule has 0 heterocycles. The molecule has 24 heavy (non-hydrogen) atoms.